The Morgan fingerprint density at radius 2 is 2.04 bits per heavy atom. The molecule has 1 amide bonds. The molecule has 0 radical (unpaired) electrons. The van der Waals surface area contributed by atoms with Gasteiger partial charge >= 0.3 is 0 Å². The van der Waals surface area contributed by atoms with Gasteiger partial charge in [-0.25, -0.2) is 0 Å². The van der Waals surface area contributed by atoms with E-state index in [1.54, 1.807) is 30.5 Å². The fourth-order valence-corrected chi connectivity index (χ4v) is 2.66. The van der Waals surface area contributed by atoms with Gasteiger partial charge in [-0.15, -0.1) is 0 Å². The molecule has 2 aromatic heterocycles. The molecule has 0 atom stereocenters. The number of amides is 1. The maximum atomic E-state index is 12.8. The van der Waals surface area contributed by atoms with Crippen LogP contribution in [-0.4, -0.2) is 21.7 Å². The van der Waals surface area contributed by atoms with Crippen molar-refractivity contribution in [2.24, 2.45) is 0 Å². The zero-order chi connectivity index (χ0) is 16.6. The number of benzene rings is 1. The predicted octanol–water partition coefficient (Wildman–Crippen LogP) is 3.71. The molecule has 1 aromatic carbocycles. The van der Waals surface area contributed by atoms with Crippen LogP contribution in [0.4, 0.5) is 5.69 Å². The molecule has 2 heterocycles. The van der Waals surface area contributed by atoms with Crippen molar-refractivity contribution >= 4 is 39.9 Å². The van der Waals surface area contributed by atoms with E-state index in [9.17, 15) is 9.59 Å². The molecule has 0 fully saturated rings. The highest BCUT2D eigenvalue weighted by atomic mass is 35.5. The van der Waals surface area contributed by atoms with E-state index in [1.807, 2.05) is 13.0 Å². The highest BCUT2D eigenvalue weighted by Gasteiger charge is 2.22. The molecule has 23 heavy (non-hydrogen) atoms. The average molecular weight is 328 g/mol. The normalized spacial score (nSPS) is 10.7. The first-order valence-corrected chi connectivity index (χ1v) is 7.40. The van der Waals surface area contributed by atoms with Gasteiger partial charge in [0.25, 0.3) is 0 Å². The summed E-state index contributed by atoms with van der Waals surface area (Å²) in [4.78, 5) is 31.6. The highest BCUT2D eigenvalue weighted by molar-refractivity contribution is 6.31. The third-order valence-corrected chi connectivity index (χ3v) is 3.75. The molecular formula is C17H14ClN3O2. The van der Waals surface area contributed by atoms with Crippen LogP contribution >= 0.6 is 11.6 Å². The number of aromatic nitrogens is 2. The molecule has 3 aromatic rings. The van der Waals surface area contributed by atoms with E-state index in [1.165, 1.54) is 6.92 Å². The molecule has 0 aliphatic heterocycles. The van der Waals surface area contributed by atoms with Gasteiger partial charge in [0.1, 0.15) is 11.4 Å². The smallest absolute Gasteiger partial charge is 0.229 e. The largest absolute Gasteiger partial charge is 0.350 e. The number of H-pyrrole nitrogens is 1. The summed E-state index contributed by atoms with van der Waals surface area (Å²) in [6, 6.07) is 8.78. The van der Waals surface area contributed by atoms with Gasteiger partial charge in [-0.2, -0.15) is 0 Å². The van der Waals surface area contributed by atoms with Gasteiger partial charge in [-0.3, -0.25) is 14.6 Å². The molecule has 2 N–H and O–H groups in total. The number of nitrogens with zero attached hydrogens (tertiary/aromatic N) is 1. The van der Waals surface area contributed by atoms with Crippen molar-refractivity contribution in [3.8, 4) is 0 Å². The van der Waals surface area contributed by atoms with Gasteiger partial charge in [0.05, 0.1) is 5.69 Å². The number of carbonyl (C=O) groups excluding carboxylic acids is 2. The lowest BCUT2D eigenvalue weighted by Gasteiger charge is -2.06. The van der Waals surface area contributed by atoms with Crippen LogP contribution in [0.15, 0.2) is 36.5 Å². The van der Waals surface area contributed by atoms with E-state index >= 15 is 0 Å². The minimum Gasteiger partial charge on any atom is -0.350 e. The minimum absolute atomic E-state index is 0.257. The fourth-order valence-electron chi connectivity index (χ4n) is 2.49. The van der Waals surface area contributed by atoms with Crippen LogP contribution in [-0.2, 0) is 4.79 Å². The molecule has 0 saturated heterocycles. The van der Waals surface area contributed by atoms with Gasteiger partial charge in [-0.1, -0.05) is 17.7 Å². The second-order valence-corrected chi connectivity index (χ2v) is 5.68. The lowest BCUT2D eigenvalue weighted by molar-refractivity contribution is -0.114. The van der Waals surface area contributed by atoms with Crippen LogP contribution in [0.25, 0.3) is 10.9 Å². The Bertz CT molecular complexity index is 931. The van der Waals surface area contributed by atoms with Crippen LogP contribution in [0.3, 0.4) is 0 Å². The molecule has 0 unspecified atom stereocenters. The van der Waals surface area contributed by atoms with Gasteiger partial charge in [-0.05, 0) is 36.8 Å². The molecule has 3 rings (SSSR count). The number of nitrogens with one attached hydrogen (secondary N) is 2. The number of anilines is 1. The first-order valence-electron chi connectivity index (χ1n) is 7.02. The fraction of sp³-hybridized carbons (Fsp3) is 0.118. The highest BCUT2D eigenvalue weighted by Crippen LogP contribution is 2.31. The summed E-state index contributed by atoms with van der Waals surface area (Å²) in [7, 11) is 0. The number of aromatic amines is 1. The predicted molar refractivity (Wildman–Crippen MR) is 90.0 cm³/mol. The Morgan fingerprint density at radius 3 is 2.74 bits per heavy atom. The lowest BCUT2D eigenvalue weighted by Crippen LogP contribution is -2.12. The van der Waals surface area contributed by atoms with Crippen LogP contribution < -0.4 is 5.32 Å². The summed E-state index contributed by atoms with van der Waals surface area (Å²) < 4.78 is 0. The van der Waals surface area contributed by atoms with E-state index < -0.39 is 0 Å². The number of hydrogen-bond donors (Lipinski definition) is 2. The topological polar surface area (TPSA) is 74.8 Å². The SMILES string of the molecule is CC(=O)Nc1c(C(=O)c2ncccc2C)[nH]c2cc(Cl)ccc12. The van der Waals surface area contributed by atoms with Crippen LogP contribution in [0, 0.1) is 6.92 Å². The second kappa shape index (κ2) is 5.85. The monoisotopic (exact) mass is 327 g/mol. The summed E-state index contributed by atoms with van der Waals surface area (Å²) in [6.45, 7) is 3.22. The standard InChI is InChI=1S/C17H14ClN3O2/c1-9-4-3-7-19-14(9)17(23)16-15(20-10(2)22)12-6-5-11(18)8-13(12)21-16/h3-8,21H,1-2H3,(H,20,22). The molecule has 0 bridgehead atoms. The van der Waals surface area contributed by atoms with Crippen LogP contribution in [0.2, 0.25) is 5.02 Å². The van der Waals surface area contributed by atoms with Crippen molar-refractivity contribution in [1.82, 2.24) is 9.97 Å². The number of rotatable bonds is 3. The maximum Gasteiger partial charge on any atom is 0.229 e. The molecule has 0 saturated carbocycles. The third-order valence-electron chi connectivity index (χ3n) is 3.51. The lowest BCUT2D eigenvalue weighted by atomic mass is 10.1. The van der Waals surface area contributed by atoms with Crippen molar-refractivity contribution in [3.63, 3.8) is 0 Å². The number of fused-ring (bicyclic) bond motifs is 1. The van der Waals surface area contributed by atoms with E-state index in [0.29, 0.717) is 27.6 Å². The van der Waals surface area contributed by atoms with E-state index in [2.05, 4.69) is 15.3 Å². The van der Waals surface area contributed by atoms with Crippen molar-refractivity contribution in [1.29, 1.82) is 0 Å². The quantitative estimate of drug-likeness (QED) is 0.720. The number of pyridine rings is 1. The van der Waals surface area contributed by atoms with E-state index in [0.717, 1.165) is 10.9 Å². The summed E-state index contributed by atoms with van der Waals surface area (Å²) in [5.41, 5.74) is 2.52. The van der Waals surface area contributed by atoms with Crippen molar-refractivity contribution < 1.29 is 9.59 Å². The zero-order valence-corrected chi connectivity index (χ0v) is 13.4. The molecule has 6 heteroatoms. The molecule has 0 aliphatic carbocycles. The molecule has 0 aliphatic rings. The van der Waals surface area contributed by atoms with Gasteiger partial charge in [0, 0.05) is 29.0 Å². The van der Waals surface area contributed by atoms with Crippen molar-refractivity contribution in [2.45, 2.75) is 13.8 Å². The molecule has 116 valence electrons. The second-order valence-electron chi connectivity index (χ2n) is 5.24. The number of ketones is 1. The molecular weight excluding hydrogens is 314 g/mol. The Kier molecular flexibility index (Phi) is 3.88. The summed E-state index contributed by atoms with van der Waals surface area (Å²) >= 11 is 6.00. The van der Waals surface area contributed by atoms with Gasteiger partial charge < -0.3 is 10.3 Å². The number of halogens is 1. The zero-order valence-electron chi connectivity index (χ0n) is 12.6. The molecule has 0 spiro atoms. The minimum atomic E-state index is -0.279. The Labute approximate surface area is 137 Å². The molecule has 5 nitrogen and oxygen atoms in total. The van der Waals surface area contributed by atoms with Gasteiger partial charge in [0.2, 0.25) is 11.7 Å². The number of aryl methyl sites for hydroxylation is 1. The first kappa shape index (κ1) is 15.2. The van der Waals surface area contributed by atoms with Crippen LogP contribution in [0.5, 0.6) is 0 Å². The summed E-state index contributed by atoms with van der Waals surface area (Å²) in [6.07, 6.45) is 1.57. The van der Waals surface area contributed by atoms with Gasteiger partial charge in [0.15, 0.2) is 0 Å². The number of hydrogen-bond acceptors (Lipinski definition) is 3. The van der Waals surface area contributed by atoms with Crippen molar-refractivity contribution in [2.75, 3.05) is 5.32 Å². The third kappa shape index (κ3) is 2.83. The average Bonchev–Trinajstić information content (AvgIpc) is 2.84. The van der Waals surface area contributed by atoms with Crippen molar-refractivity contribution in [3.05, 3.63) is 58.5 Å². The Balaban J connectivity index is 2.21. The Morgan fingerprint density at radius 1 is 1.26 bits per heavy atom. The van der Waals surface area contributed by atoms with E-state index in [4.69, 9.17) is 11.6 Å². The first-order chi connectivity index (χ1) is 11.0. The summed E-state index contributed by atoms with van der Waals surface area (Å²) in [5, 5.41) is 3.99. The van der Waals surface area contributed by atoms with E-state index in [-0.39, 0.29) is 11.7 Å². The Hall–Kier alpha value is -2.66. The summed E-state index contributed by atoms with van der Waals surface area (Å²) in [5.74, 6) is -0.535. The number of carbonyl (C=O) groups is 2. The maximum absolute atomic E-state index is 12.8. The van der Waals surface area contributed by atoms with Crippen LogP contribution in [0.1, 0.15) is 28.7 Å².